The maximum atomic E-state index is 11.9. The molecule has 3 nitrogen and oxygen atoms in total. The van der Waals surface area contributed by atoms with Crippen LogP contribution >= 0.6 is 0 Å². The van der Waals surface area contributed by atoms with Crippen LogP contribution in [0.2, 0.25) is 0 Å². The van der Waals surface area contributed by atoms with Gasteiger partial charge >= 0.3 is 0 Å². The van der Waals surface area contributed by atoms with Gasteiger partial charge in [-0.3, -0.25) is 4.79 Å². The summed E-state index contributed by atoms with van der Waals surface area (Å²) in [5.74, 6) is -0.0897. The second-order valence-electron chi connectivity index (χ2n) is 5.07. The zero-order valence-electron chi connectivity index (χ0n) is 12.3. The first-order valence-corrected chi connectivity index (χ1v) is 7.56. The highest BCUT2D eigenvalue weighted by molar-refractivity contribution is 5.94. The summed E-state index contributed by atoms with van der Waals surface area (Å²) in [7, 11) is 0. The zero-order chi connectivity index (χ0) is 14.6. The van der Waals surface area contributed by atoms with Gasteiger partial charge in [0.15, 0.2) is 0 Å². The molecule has 20 heavy (non-hydrogen) atoms. The van der Waals surface area contributed by atoms with Crippen molar-refractivity contribution >= 4 is 5.91 Å². The van der Waals surface area contributed by atoms with Crippen LogP contribution in [0, 0.1) is 11.3 Å². The average Bonchev–Trinajstić information content (AvgIpc) is 2.49. The molecule has 108 valence electrons. The number of nitriles is 1. The molecule has 0 heterocycles. The van der Waals surface area contributed by atoms with Gasteiger partial charge in [0.1, 0.15) is 0 Å². The second kappa shape index (κ2) is 10.0. The van der Waals surface area contributed by atoms with E-state index in [1.807, 2.05) is 6.07 Å². The van der Waals surface area contributed by atoms with Gasteiger partial charge in [-0.05, 0) is 24.6 Å². The summed E-state index contributed by atoms with van der Waals surface area (Å²) in [6.45, 7) is 2.93. The quantitative estimate of drug-likeness (QED) is 0.690. The van der Waals surface area contributed by atoms with Gasteiger partial charge in [0, 0.05) is 12.1 Å². The molecule has 3 heteroatoms. The molecule has 1 rings (SSSR count). The van der Waals surface area contributed by atoms with Crippen molar-refractivity contribution in [1.82, 2.24) is 5.32 Å². The lowest BCUT2D eigenvalue weighted by Crippen LogP contribution is -2.24. The number of nitrogens with one attached hydrogen (secondary N) is 1. The number of carbonyl (C=O) groups excluding carboxylic acids is 1. The Hall–Kier alpha value is -1.82. The number of hydrogen-bond donors (Lipinski definition) is 1. The Balaban J connectivity index is 2.15. The van der Waals surface area contributed by atoms with Gasteiger partial charge in [0.25, 0.3) is 5.91 Å². The number of hydrogen-bond acceptors (Lipinski definition) is 2. The second-order valence-corrected chi connectivity index (χ2v) is 5.07. The minimum absolute atomic E-state index is 0.0897. The van der Waals surface area contributed by atoms with Crippen molar-refractivity contribution in [2.24, 2.45) is 0 Å². The fraction of sp³-hybridized carbons (Fsp3) is 0.529. The van der Waals surface area contributed by atoms with E-state index in [1.54, 1.807) is 24.3 Å². The lowest BCUT2D eigenvalue weighted by molar-refractivity contribution is 0.0953. The summed E-state index contributed by atoms with van der Waals surface area (Å²) < 4.78 is 0. The molecule has 1 N–H and O–H groups in total. The third kappa shape index (κ3) is 6.38. The highest BCUT2D eigenvalue weighted by Crippen LogP contribution is 2.07. The van der Waals surface area contributed by atoms with E-state index in [4.69, 9.17) is 5.26 Å². The fourth-order valence-corrected chi connectivity index (χ4v) is 2.12. The lowest BCUT2D eigenvalue weighted by atomic mass is 10.1. The van der Waals surface area contributed by atoms with Crippen LogP contribution in [0.5, 0.6) is 0 Å². The minimum atomic E-state index is -0.0897. The lowest BCUT2D eigenvalue weighted by Gasteiger charge is -2.05. The van der Waals surface area contributed by atoms with Gasteiger partial charge in [0.2, 0.25) is 0 Å². The number of nitrogens with zero attached hydrogens (tertiary/aromatic N) is 1. The molecule has 0 radical (unpaired) electrons. The van der Waals surface area contributed by atoms with Crippen molar-refractivity contribution in [3.8, 4) is 6.07 Å². The maximum absolute atomic E-state index is 11.9. The number of amides is 1. The van der Waals surface area contributed by atoms with E-state index in [1.165, 1.54) is 38.5 Å². The molecule has 0 aliphatic carbocycles. The van der Waals surface area contributed by atoms with Crippen molar-refractivity contribution in [2.75, 3.05) is 6.54 Å². The van der Waals surface area contributed by atoms with E-state index in [9.17, 15) is 4.79 Å². The summed E-state index contributed by atoms with van der Waals surface area (Å²) in [6, 6.07) is 8.84. The monoisotopic (exact) mass is 272 g/mol. The average molecular weight is 272 g/mol. The number of benzene rings is 1. The smallest absolute Gasteiger partial charge is 0.251 e. The van der Waals surface area contributed by atoms with E-state index < -0.39 is 0 Å². The van der Waals surface area contributed by atoms with Gasteiger partial charge in [-0.2, -0.15) is 5.26 Å². The fourth-order valence-electron chi connectivity index (χ4n) is 2.12. The molecule has 0 atom stereocenters. The van der Waals surface area contributed by atoms with Crippen molar-refractivity contribution in [3.05, 3.63) is 35.4 Å². The molecule has 1 amide bonds. The van der Waals surface area contributed by atoms with Crippen molar-refractivity contribution in [1.29, 1.82) is 5.26 Å². The van der Waals surface area contributed by atoms with Crippen LogP contribution < -0.4 is 5.32 Å². The van der Waals surface area contributed by atoms with E-state index in [2.05, 4.69) is 12.2 Å². The molecule has 0 aliphatic heterocycles. The Bertz CT molecular complexity index is 449. The van der Waals surface area contributed by atoms with E-state index in [0.717, 1.165) is 6.42 Å². The first-order valence-electron chi connectivity index (χ1n) is 7.56. The number of rotatable bonds is 9. The minimum Gasteiger partial charge on any atom is -0.352 e. The molecule has 1 aromatic carbocycles. The molecule has 1 aromatic rings. The summed E-state index contributed by atoms with van der Waals surface area (Å²) >= 11 is 0. The van der Waals surface area contributed by atoms with E-state index in [0.29, 0.717) is 17.7 Å². The van der Waals surface area contributed by atoms with E-state index in [-0.39, 0.29) is 5.91 Å². The van der Waals surface area contributed by atoms with Crippen LogP contribution in [0.3, 0.4) is 0 Å². The van der Waals surface area contributed by atoms with Crippen molar-refractivity contribution < 1.29 is 4.79 Å². The first kappa shape index (κ1) is 16.2. The number of carbonyl (C=O) groups is 1. The summed E-state index contributed by atoms with van der Waals surface area (Å²) in [5, 5.41) is 11.7. The SMILES string of the molecule is CCCCCCCCCNC(=O)c1cccc(C#N)c1. The molecule has 0 unspecified atom stereocenters. The Morgan fingerprint density at radius 2 is 1.85 bits per heavy atom. The maximum Gasteiger partial charge on any atom is 0.251 e. The third-order valence-electron chi connectivity index (χ3n) is 3.32. The largest absolute Gasteiger partial charge is 0.352 e. The molecule has 0 bridgehead atoms. The summed E-state index contributed by atoms with van der Waals surface area (Å²) in [5.41, 5.74) is 1.08. The van der Waals surface area contributed by atoms with Crippen LogP contribution in [0.1, 0.15) is 67.8 Å². The molecule has 0 saturated heterocycles. The highest BCUT2D eigenvalue weighted by atomic mass is 16.1. The Morgan fingerprint density at radius 1 is 1.15 bits per heavy atom. The Kier molecular flexibility index (Phi) is 8.14. The van der Waals surface area contributed by atoms with Crippen molar-refractivity contribution in [3.63, 3.8) is 0 Å². The van der Waals surface area contributed by atoms with Crippen LogP contribution in [0.15, 0.2) is 24.3 Å². The third-order valence-corrected chi connectivity index (χ3v) is 3.32. The van der Waals surface area contributed by atoms with Gasteiger partial charge in [0.05, 0.1) is 11.6 Å². The summed E-state index contributed by atoms with van der Waals surface area (Å²) in [6.07, 6.45) is 8.66. The highest BCUT2D eigenvalue weighted by Gasteiger charge is 2.04. The van der Waals surface area contributed by atoms with Crippen LogP contribution in [-0.4, -0.2) is 12.5 Å². The number of unbranched alkanes of at least 4 members (excludes halogenated alkanes) is 6. The molecular weight excluding hydrogens is 248 g/mol. The van der Waals surface area contributed by atoms with Crippen LogP contribution in [0.25, 0.3) is 0 Å². The molecule has 0 aliphatic rings. The molecule has 0 aromatic heterocycles. The Labute approximate surface area is 122 Å². The van der Waals surface area contributed by atoms with Gasteiger partial charge in [-0.15, -0.1) is 0 Å². The van der Waals surface area contributed by atoms with E-state index >= 15 is 0 Å². The molecule has 0 saturated carbocycles. The molecular formula is C17H24N2O. The summed E-state index contributed by atoms with van der Waals surface area (Å²) in [4.78, 5) is 11.9. The van der Waals surface area contributed by atoms with Gasteiger partial charge < -0.3 is 5.32 Å². The predicted octanol–water partition coefficient (Wildman–Crippen LogP) is 4.04. The normalized spacial score (nSPS) is 10.0. The van der Waals surface area contributed by atoms with Gasteiger partial charge in [-0.25, -0.2) is 0 Å². The topological polar surface area (TPSA) is 52.9 Å². The zero-order valence-corrected chi connectivity index (χ0v) is 12.3. The first-order chi connectivity index (χ1) is 9.77. The Morgan fingerprint density at radius 3 is 2.55 bits per heavy atom. The predicted molar refractivity (Wildman–Crippen MR) is 81.5 cm³/mol. The molecule has 0 spiro atoms. The van der Waals surface area contributed by atoms with Crippen LogP contribution in [-0.2, 0) is 0 Å². The van der Waals surface area contributed by atoms with Gasteiger partial charge in [-0.1, -0.05) is 51.5 Å². The van der Waals surface area contributed by atoms with Crippen molar-refractivity contribution in [2.45, 2.75) is 51.9 Å². The van der Waals surface area contributed by atoms with Crippen LogP contribution in [0.4, 0.5) is 0 Å². The molecule has 0 fully saturated rings. The standard InChI is InChI=1S/C17H24N2O/c1-2-3-4-5-6-7-8-12-19-17(20)16-11-9-10-15(13-16)14-18/h9-11,13H,2-8,12H2,1H3,(H,19,20).